The smallest absolute Gasteiger partial charge is 0.263 e. The van der Waals surface area contributed by atoms with Crippen LogP contribution >= 0.6 is 11.3 Å². The highest BCUT2D eigenvalue weighted by Gasteiger charge is 2.30. The number of piperidine rings is 1. The SMILES string of the molecule is N#Cc1ccc(C(=O)N2CCC(c3ccnc4c3CC(=O)N4)CC2)s1. The van der Waals surface area contributed by atoms with Gasteiger partial charge in [0.25, 0.3) is 5.91 Å². The summed E-state index contributed by atoms with van der Waals surface area (Å²) in [5.41, 5.74) is 2.19. The number of nitrogens with zero attached hydrogens (tertiary/aromatic N) is 3. The number of fused-ring (bicyclic) bond motifs is 1. The molecule has 2 aromatic heterocycles. The van der Waals surface area contributed by atoms with Gasteiger partial charge in [-0.05, 0) is 42.5 Å². The molecule has 0 bridgehead atoms. The maximum Gasteiger partial charge on any atom is 0.263 e. The van der Waals surface area contributed by atoms with Crippen LogP contribution in [0.1, 0.15) is 44.4 Å². The van der Waals surface area contributed by atoms with Crippen molar-refractivity contribution in [1.82, 2.24) is 9.88 Å². The molecule has 126 valence electrons. The Hall–Kier alpha value is -2.72. The van der Waals surface area contributed by atoms with E-state index in [0.717, 1.165) is 18.4 Å². The highest BCUT2D eigenvalue weighted by molar-refractivity contribution is 7.14. The van der Waals surface area contributed by atoms with Gasteiger partial charge in [-0.3, -0.25) is 9.59 Å². The summed E-state index contributed by atoms with van der Waals surface area (Å²) < 4.78 is 0. The van der Waals surface area contributed by atoms with Crippen LogP contribution in [-0.2, 0) is 11.2 Å². The summed E-state index contributed by atoms with van der Waals surface area (Å²) in [6.45, 7) is 1.36. The Bertz CT molecular complexity index is 891. The molecule has 4 heterocycles. The van der Waals surface area contributed by atoms with E-state index >= 15 is 0 Å². The molecule has 0 spiro atoms. The van der Waals surface area contributed by atoms with Crippen molar-refractivity contribution in [2.24, 2.45) is 0 Å². The molecule has 2 aliphatic heterocycles. The van der Waals surface area contributed by atoms with Gasteiger partial charge in [0, 0.05) is 24.8 Å². The minimum Gasteiger partial charge on any atom is -0.338 e. The van der Waals surface area contributed by atoms with Gasteiger partial charge >= 0.3 is 0 Å². The Morgan fingerprint density at radius 1 is 1.32 bits per heavy atom. The molecule has 0 unspecified atom stereocenters. The molecule has 4 rings (SSSR count). The van der Waals surface area contributed by atoms with Crippen LogP contribution in [0.25, 0.3) is 0 Å². The van der Waals surface area contributed by atoms with Crippen molar-refractivity contribution >= 4 is 29.0 Å². The van der Waals surface area contributed by atoms with Crippen LogP contribution in [0.15, 0.2) is 24.4 Å². The first kappa shape index (κ1) is 15.8. The number of hydrogen-bond acceptors (Lipinski definition) is 5. The fourth-order valence-electron chi connectivity index (χ4n) is 3.58. The number of hydrogen-bond donors (Lipinski definition) is 1. The molecule has 2 aliphatic rings. The minimum absolute atomic E-state index is 0.00162. The molecule has 0 aromatic carbocycles. The molecule has 1 fully saturated rings. The minimum atomic E-state index is -0.00597. The predicted molar refractivity (Wildman–Crippen MR) is 93.5 cm³/mol. The number of amides is 2. The molecule has 0 atom stereocenters. The van der Waals surface area contributed by atoms with Crippen molar-refractivity contribution in [3.63, 3.8) is 0 Å². The van der Waals surface area contributed by atoms with Gasteiger partial charge in [-0.1, -0.05) is 0 Å². The van der Waals surface area contributed by atoms with Gasteiger partial charge < -0.3 is 10.2 Å². The first-order valence-electron chi connectivity index (χ1n) is 8.22. The van der Waals surface area contributed by atoms with Crippen LogP contribution in [0.5, 0.6) is 0 Å². The number of nitriles is 1. The second kappa shape index (κ2) is 6.30. The summed E-state index contributed by atoms with van der Waals surface area (Å²) in [5.74, 6) is 1.02. The van der Waals surface area contributed by atoms with Crippen molar-refractivity contribution in [2.45, 2.75) is 25.2 Å². The van der Waals surface area contributed by atoms with E-state index in [1.165, 1.54) is 16.9 Å². The van der Waals surface area contributed by atoms with Crippen molar-refractivity contribution < 1.29 is 9.59 Å². The maximum absolute atomic E-state index is 12.6. The number of nitrogens with one attached hydrogen (secondary N) is 1. The normalized spacial score (nSPS) is 17.1. The number of aromatic nitrogens is 1. The van der Waals surface area contributed by atoms with Crippen molar-refractivity contribution in [3.05, 3.63) is 45.3 Å². The Morgan fingerprint density at radius 3 is 2.84 bits per heavy atom. The summed E-state index contributed by atoms with van der Waals surface area (Å²) in [5, 5.41) is 11.7. The zero-order chi connectivity index (χ0) is 17.4. The maximum atomic E-state index is 12.6. The lowest BCUT2D eigenvalue weighted by atomic mass is 9.86. The molecular weight excluding hydrogens is 336 g/mol. The van der Waals surface area contributed by atoms with Crippen LogP contribution in [0, 0.1) is 11.3 Å². The molecule has 0 aliphatic carbocycles. The fraction of sp³-hybridized carbons (Fsp3) is 0.333. The zero-order valence-electron chi connectivity index (χ0n) is 13.5. The first-order valence-corrected chi connectivity index (χ1v) is 9.04. The fourth-order valence-corrected chi connectivity index (χ4v) is 4.35. The van der Waals surface area contributed by atoms with Gasteiger partial charge in [-0.15, -0.1) is 11.3 Å². The number of rotatable bonds is 2. The second-order valence-corrected chi connectivity index (χ2v) is 7.38. The topological polar surface area (TPSA) is 86.1 Å². The van der Waals surface area contributed by atoms with Gasteiger partial charge in [0.05, 0.1) is 11.3 Å². The molecule has 6 nitrogen and oxygen atoms in total. The Morgan fingerprint density at radius 2 is 2.12 bits per heavy atom. The number of pyridine rings is 1. The highest BCUT2D eigenvalue weighted by Crippen LogP contribution is 2.35. The average Bonchev–Trinajstić information content (AvgIpc) is 3.26. The van der Waals surface area contributed by atoms with E-state index in [9.17, 15) is 9.59 Å². The van der Waals surface area contributed by atoms with Crippen molar-refractivity contribution in [1.29, 1.82) is 5.26 Å². The monoisotopic (exact) mass is 352 g/mol. The standard InChI is InChI=1S/C18H16N4O2S/c19-10-12-1-2-15(25-12)18(24)22-7-4-11(5-8-22)13-3-6-20-17-14(13)9-16(23)21-17/h1-3,6,11H,4-5,7-9H2,(H,20,21,23). The zero-order valence-corrected chi connectivity index (χ0v) is 14.3. The Balaban J connectivity index is 1.46. The third-order valence-corrected chi connectivity index (χ3v) is 5.81. The van der Waals surface area contributed by atoms with E-state index in [4.69, 9.17) is 5.26 Å². The molecule has 7 heteroatoms. The molecular formula is C18H16N4O2S. The summed E-state index contributed by atoms with van der Waals surface area (Å²) in [7, 11) is 0. The number of likely N-dealkylation sites (tertiary alicyclic amines) is 1. The van der Waals surface area contributed by atoms with Gasteiger partial charge in [-0.25, -0.2) is 4.98 Å². The first-order chi connectivity index (χ1) is 12.2. The third kappa shape index (κ3) is 2.89. The van der Waals surface area contributed by atoms with Crippen LogP contribution in [-0.4, -0.2) is 34.8 Å². The van der Waals surface area contributed by atoms with Gasteiger partial charge in [0.1, 0.15) is 16.8 Å². The van der Waals surface area contributed by atoms with Crippen molar-refractivity contribution in [3.8, 4) is 6.07 Å². The van der Waals surface area contributed by atoms with Gasteiger partial charge in [-0.2, -0.15) is 5.26 Å². The lowest BCUT2D eigenvalue weighted by Crippen LogP contribution is -2.37. The quantitative estimate of drug-likeness (QED) is 0.900. The van der Waals surface area contributed by atoms with E-state index in [1.807, 2.05) is 11.0 Å². The molecule has 25 heavy (non-hydrogen) atoms. The van der Waals surface area contributed by atoms with Crippen LogP contribution in [0.3, 0.4) is 0 Å². The number of carbonyl (C=O) groups is 2. The lowest BCUT2D eigenvalue weighted by Gasteiger charge is -2.32. The van der Waals surface area contributed by atoms with Crippen LogP contribution in [0.2, 0.25) is 0 Å². The molecule has 2 amide bonds. The van der Waals surface area contributed by atoms with E-state index in [2.05, 4.69) is 16.4 Å². The van der Waals surface area contributed by atoms with Crippen LogP contribution in [0.4, 0.5) is 5.82 Å². The molecule has 1 N–H and O–H groups in total. The highest BCUT2D eigenvalue weighted by atomic mass is 32.1. The molecule has 2 aromatic rings. The van der Waals surface area contributed by atoms with E-state index < -0.39 is 0 Å². The van der Waals surface area contributed by atoms with E-state index in [1.54, 1.807) is 18.3 Å². The van der Waals surface area contributed by atoms with Gasteiger partial charge in [0.2, 0.25) is 5.91 Å². The second-order valence-electron chi connectivity index (χ2n) is 6.29. The third-order valence-electron chi connectivity index (χ3n) is 4.84. The molecule has 0 saturated carbocycles. The predicted octanol–water partition coefficient (Wildman–Crippen LogP) is 2.53. The van der Waals surface area contributed by atoms with E-state index in [0.29, 0.717) is 41.0 Å². The number of carbonyl (C=O) groups excluding carboxylic acids is 2. The Labute approximate surface area is 149 Å². The van der Waals surface area contributed by atoms with Crippen LogP contribution < -0.4 is 5.32 Å². The summed E-state index contributed by atoms with van der Waals surface area (Å²) >= 11 is 1.24. The molecule has 1 saturated heterocycles. The lowest BCUT2D eigenvalue weighted by molar-refractivity contribution is -0.115. The van der Waals surface area contributed by atoms with E-state index in [-0.39, 0.29) is 11.8 Å². The van der Waals surface area contributed by atoms with Crippen molar-refractivity contribution in [2.75, 3.05) is 18.4 Å². The summed E-state index contributed by atoms with van der Waals surface area (Å²) in [6, 6.07) is 7.49. The molecule has 0 radical (unpaired) electrons. The Kier molecular flexibility index (Phi) is 3.98. The average molecular weight is 352 g/mol. The van der Waals surface area contributed by atoms with Gasteiger partial charge in [0.15, 0.2) is 0 Å². The summed E-state index contributed by atoms with van der Waals surface area (Å²) in [4.78, 5) is 31.5. The number of anilines is 1. The number of thiophene rings is 1. The summed E-state index contributed by atoms with van der Waals surface area (Å²) in [6.07, 6.45) is 3.87. The largest absolute Gasteiger partial charge is 0.338 e.